The monoisotopic (exact) mass is 644 g/mol. The van der Waals surface area contributed by atoms with Gasteiger partial charge in [-0.05, 0) is 29.2 Å². The van der Waals surface area contributed by atoms with Crippen molar-refractivity contribution in [2.24, 2.45) is 23.5 Å². The van der Waals surface area contributed by atoms with Crippen LogP contribution in [0.4, 0.5) is 0 Å². The van der Waals surface area contributed by atoms with Gasteiger partial charge in [0.1, 0.15) is 18.6 Å². The molecule has 6 heterocycles. The number of nitrogens with two attached hydrogens (primary N) is 1. The standard InChI is InChI=1S/C28H40N10O6S/c1-14(7-17(39)12-37-13-32-33-34-37)21-22-15(2)24(23(28(43)44)38(22)27(21)42)45-18-9-20(31-11-18)26(41)36-5-3-35(4-6-36)25(40)19-8-16(29)10-30-19/h13-16,18-22,30-31H,3-12,29H2,1-2H3,(H,43,44)/t14-,15+,16-,18-,19?,20?,21+,22+/m0/s1. The highest BCUT2D eigenvalue weighted by Gasteiger charge is 2.60. The normalized spacial score (nSPS) is 32.1. The van der Waals surface area contributed by atoms with Crippen LogP contribution < -0.4 is 16.4 Å². The zero-order chi connectivity index (χ0) is 32.0. The number of nitrogens with zero attached hydrogens (tertiary/aromatic N) is 7. The van der Waals surface area contributed by atoms with Gasteiger partial charge in [-0.3, -0.25) is 19.2 Å². The van der Waals surface area contributed by atoms with Crippen molar-refractivity contribution < 1.29 is 29.1 Å². The number of thioether (sulfide) groups is 1. The predicted octanol–water partition coefficient (Wildman–Crippen LogP) is -2.13. The molecule has 17 heteroatoms. The van der Waals surface area contributed by atoms with Gasteiger partial charge in [0.25, 0.3) is 0 Å². The largest absolute Gasteiger partial charge is 0.477 e. The summed E-state index contributed by atoms with van der Waals surface area (Å²) >= 11 is 1.43. The number of carboxylic acids is 1. The smallest absolute Gasteiger partial charge is 0.353 e. The number of rotatable bonds is 10. The first-order valence-corrected chi connectivity index (χ1v) is 16.4. The third-order valence-corrected chi connectivity index (χ3v) is 11.2. The second kappa shape index (κ2) is 12.8. The molecule has 0 bridgehead atoms. The Hall–Kier alpha value is -3.41. The molecule has 16 nitrogen and oxygen atoms in total. The summed E-state index contributed by atoms with van der Waals surface area (Å²) in [4.78, 5) is 70.1. The molecule has 5 aliphatic heterocycles. The van der Waals surface area contributed by atoms with Crippen molar-refractivity contribution in [1.82, 2.24) is 45.5 Å². The van der Waals surface area contributed by atoms with Gasteiger partial charge in [0.15, 0.2) is 5.78 Å². The maximum absolute atomic E-state index is 13.4. The van der Waals surface area contributed by atoms with Crippen LogP contribution in [0.25, 0.3) is 0 Å². The van der Waals surface area contributed by atoms with Crippen LogP contribution in [0.1, 0.15) is 33.1 Å². The van der Waals surface area contributed by atoms with Crippen molar-refractivity contribution in [1.29, 1.82) is 0 Å². The number of Topliss-reactive ketones (excluding diaryl/α,β-unsaturated/α-hetero) is 1. The summed E-state index contributed by atoms with van der Waals surface area (Å²) in [5, 5.41) is 27.3. The molecule has 0 radical (unpaired) electrons. The zero-order valence-corrected chi connectivity index (χ0v) is 26.2. The number of tetrazole rings is 1. The summed E-state index contributed by atoms with van der Waals surface area (Å²) in [6, 6.07) is -1.00. The molecule has 0 aromatic carbocycles. The van der Waals surface area contributed by atoms with E-state index in [-0.39, 0.29) is 77.4 Å². The van der Waals surface area contributed by atoms with Crippen molar-refractivity contribution in [2.75, 3.05) is 39.3 Å². The predicted molar refractivity (Wildman–Crippen MR) is 160 cm³/mol. The lowest BCUT2D eigenvalue weighted by atomic mass is 9.73. The van der Waals surface area contributed by atoms with Crippen LogP contribution in [0, 0.1) is 17.8 Å². The first kappa shape index (κ1) is 31.6. The van der Waals surface area contributed by atoms with Gasteiger partial charge in [0.05, 0.1) is 24.0 Å². The van der Waals surface area contributed by atoms with E-state index >= 15 is 0 Å². The zero-order valence-electron chi connectivity index (χ0n) is 25.4. The minimum Gasteiger partial charge on any atom is -0.477 e. The Labute approximate surface area is 264 Å². The number of aromatic nitrogens is 4. The van der Waals surface area contributed by atoms with Crippen LogP contribution in [-0.2, 0) is 30.5 Å². The number of hydrogen-bond acceptors (Lipinski definition) is 12. The van der Waals surface area contributed by atoms with E-state index in [1.807, 2.05) is 13.8 Å². The molecule has 5 N–H and O–H groups in total. The second-order valence-electron chi connectivity index (χ2n) is 12.8. The summed E-state index contributed by atoms with van der Waals surface area (Å²) in [7, 11) is 0. The topological polar surface area (TPSA) is 209 Å². The number of aliphatic carboxylic acids is 1. The molecule has 45 heavy (non-hydrogen) atoms. The van der Waals surface area contributed by atoms with Gasteiger partial charge in [-0.2, -0.15) is 0 Å². The SMILES string of the molecule is C[C@@H](CC(=O)Cn1cnnn1)[C@H]1C(=O)N2C(C(=O)O)=C(S[C@@H]3CNC(C(=O)N4CCN(C(=O)C5C[C@H](N)CN5)CC4)C3)[C@H](C)[C@H]12. The van der Waals surface area contributed by atoms with E-state index in [9.17, 15) is 29.1 Å². The van der Waals surface area contributed by atoms with Gasteiger partial charge in [-0.15, -0.1) is 16.9 Å². The number of hydrogen-bond donors (Lipinski definition) is 4. The Morgan fingerprint density at radius 2 is 1.71 bits per heavy atom. The molecule has 1 aromatic heterocycles. The fraction of sp³-hybridized carbons (Fsp3) is 0.714. The Morgan fingerprint density at radius 3 is 2.29 bits per heavy atom. The van der Waals surface area contributed by atoms with Crippen molar-refractivity contribution in [3.8, 4) is 0 Å². The number of piperazine rings is 1. The van der Waals surface area contributed by atoms with Crippen LogP contribution in [-0.4, -0.2) is 138 Å². The number of nitrogens with one attached hydrogen (secondary N) is 2. The van der Waals surface area contributed by atoms with E-state index in [4.69, 9.17) is 5.73 Å². The van der Waals surface area contributed by atoms with E-state index in [2.05, 4.69) is 26.2 Å². The number of β-lactam (4-membered cyclic amide) rings is 1. The lowest BCUT2D eigenvalue weighted by molar-refractivity contribution is -0.160. The first-order valence-electron chi connectivity index (χ1n) is 15.5. The maximum Gasteiger partial charge on any atom is 0.353 e. The van der Waals surface area contributed by atoms with Crippen molar-refractivity contribution >= 4 is 41.2 Å². The summed E-state index contributed by atoms with van der Waals surface area (Å²) in [6.07, 6.45) is 2.66. The number of carbonyl (C=O) groups is 5. The number of fused-ring (bicyclic) bond motifs is 1. The molecule has 0 spiro atoms. The number of ketones is 1. The van der Waals surface area contributed by atoms with Crippen molar-refractivity contribution in [3.05, 3.63) is 16.9 Å². The number of amides is 3. The molecule has 4 fully saturated rings. The summed E-state index contributed by atoms with van der Waals surface area (Å²) in [5.74, 6) is -2.47. The van der Waals surface area contributed by atoms with Crippen LogP contribution >= 0.6 is 11.8 Å². The summed E-state index contributed by atoms with van der Waals surface area (Å²) in [6.45, 7) is 6.83. The van der Waals surface area contributed by atoms with Gasteiger partial charge in [-0.1, -0.05) is 13.8 Å². The second-order valence-corrected chi connectivity index (χ2v) is 14.1. The van der Waals surface area contributed by atoms with E-state index in [1.54, 1.807) is 9.80 Å². The molecular weight excluding hydrogens is 604 g/mol. The van der Waals surface area contributed by atoms with Crippen molar-refractivity contribution in [3.63, 3.8) is 0 Å². The van der Waals surface area contributed by atoms with E-state index in [0.717, 1.165) is 0 Å². The fourth-order valence-corrected chi connectivity index (χ4v) is 8.93. The van der Waals surface area contributed by atoms with Gasteiger partial charge in [-0.25, -0.2) is 9.48 Å². The molecule has 1 aromatic rings. The lowest BCUT2D eigenvalue weighted by Crippen LogP contribution is -2.62. The fourth-order valence-electron chi connectivity index (χ4n) is 7.45. The third-order valence-electron chi connectivity index (χ3n) is 9.73. The van der Waals surface area contributed by atoms with Gasteiger partial charge >= 0.3 is 5.97 Å². The third kappa shape index (κ3) is 6.09. The summed E-state index contributed by atoms with van der Waals surface area (Å²) < 4.78 is 1.33. The molecule has 8 atom stereocenters. The molecule has 244 valence electrons. The Morgan fingerprint density at radius 1 is 1.07 bits per heavy atom. The first-order chi connectivity index (χ1) is 21.5. The Balaban J connectivity index is 1.03. The van der Waals surface area contributed by atoms with Gasteiger partial charge in [0.2, 0.25) is 17.7 Å². The minimum atomic E-state index is -1.15. The number of carbonyl (C=O) groups excluding carboxylic acids is 4. The number of carboxylic acid groups (broad SMARTS) is 1. The van der Waals surface area contributed by atoms with E-state index < -0.39 is 17.9 Å². The van der Waals surface area contributed by atoms with Crippen molar-refractivity contribution in [2.45, 2.75) is 69.1 Å². The van der Waals surface area contributed by atoms with Gasteiger partial charge < -0.3 is 36.2 Å². The lowest BCUT2D eigenvalue weighted by Gasteiger charge is -2.47. The Bertz CT molecular complexity index is 1380. The summed E-state index contributed by atoms with van der Waals surface area (Å²) in [5.41, 5.74) is 5.94. The quantitative estimate of drug-likeness (QED) is 0.201. The molecule has 0 saturated carbocycles. The van der Waals surface area contributed by atoms with Crippen LogP contribution in [0.3, 0.4) is 0 Å². The van der Waals surface area contributed by atoms with Crippen LogP contribution in [0.2, 0.25) is 0 Å². The molecular formula is C28H40N10O6S. The highest BCUT2D eigenvalue weighted by molar-refractivity contribution is 8.03. The highest BCUT2D eigenvalue weighted by Crippen LogP contribution is 2.53. The molecule has 2 unspecified atom stereocenters. The average molecular weight is 645 g/mol. The molecule has 3 amide bonds. The minimum absolute atomic E-state index is 0.0113. The molecule has 0 aliphatic carbocycles. The molecule has 4 saturated heterocycles. The van der Waals surface area contributed by atoms with Crippen LogP contribution in [0.5, 0.6) is 0 Å². The highest BCUT2D eigenvalue weighted by atomic mass is 32.2. The maximum atomic E-state index is 13.4. The molecule has 5 aliphatic rings. The Kier molecular flexibility index (Phi) is 8.96. The molecule has 6 rings (SSSR count). The van der Waals surface area contributed by atoms with E-state index in [0.29, 0.717) is 57.0 Å². The van der Waals surface area contributed by atoms with Gasteiger partial charge in [0, 0.05) is 67.8 Å². The van der Waals surface area contributed by atoms with E-state index in [1.165, 1.54) is 27.7 Å². The average Bonchev–Trinajstić information content (AvgIpc) is 3.81. The van der Waals surface area contributed by atoms with Crippen LogP contribution in [0.15, 0.2) is 16.9 Å².